The molecule has 0 spiro atoms. The van der Waals surface area contributed by atoms with E-state index in [0.29, 0.717) is 12.1 Å². The number of allylic oxidation sites excluding steroid dienone is 2. The predicted octanol–water partition coefficient (Wildman–Crippen LogP) is 2.50. The van der Waals surface area contributed by atoms with E-state index in [9.17, 15) is 4.79 Å². The lowest BCUT2D eigenvalue weighted by atomic mass is 10.0. The third kappa shape index (κ3) is 3.40. The maximum Gasteiger partial charge on any atom is 0.315 e. The van der Waals surface area contributed by atoms with Crippen LogP contribution in [0.1, 0.15) is 38.5 Å². The Morgan fingerprint density at radius 1 is 0.875 bits per heavy atom. The number of carbonyl (C=O) groups is 1. The van der Waals surface area contributed by atoms with Gasteiger partial charge < -0.3 is 10.6 Å². The van der Waals surface area contributed by atoms with E-state index in [2.05, 4.69) is 34.9 Å². The van der Waals surface area contributed by atoms with E-state index >= 15 is 0 Å². The van der Waals surface area contributed by atoms with Crippen molar-refractivity contribution in [3.8, 4) is 0 Å². The van der Waals surface area contributed by atoms with E-state index in [0.717, 1.165) is 38.5 Å². The van der Waals surface area contributed by atoms with Crippen LogP contribution in [-0.2, 0) is 0 Å². The number of nitrogens with one attached hydrogen (secondary N) is 2. The Hall–Kier alpha value is -1.25. The number of rotatable bonds is 2. The van der Waals surface area contributed by atoms with Gasteiger partial charge in [-0.05, 0) is 38.5 Å². The molecule has 0 saturated heterocycles. The zero-order valence-electron chi connectivity index (χ0n) is 9.61. The van der Waals surface area contributed by atoms with Gasteiger partial charge in [0.1, 0.15) is 0 Å². The highest BCUT2D eigenvalue weighted by Gasteiger charge is 2.16. The third-order valence-electron chi connectivity index (χ3n) is 3.21. The van der Waals surface area contributed by atoms with Crippen LogP contribution < -0.4 is 10.6 Å². The normalized spacial score (nSPS) is 28.8. The lowest BCUT2D eigenvalue weighted by molar-refractivity contribution is 0.231. The molecule has 2 amide bonds. The van der Waals surface area contributed by atoms with Crippen molar-refractivity contribution in [2.45, 2.75) is 50.6 Å². The van der Waals surface area contributed by atoms with Gasteiger partial charge in [0.05, 0.1) is 0 Å². The van der Waals surface area contributed by atoms with Gasteiger partial charge in [-0.2, -0.15) is 0 Å². The smallest absolute Gasteiger partial charge is 0.315 e. The second kappa shape index (κ2) is 5.73. The fourth-order valence-corrected chi connectivity index (χ4v) is 2.26. The fourth-order valence-electron chi connectivity index (χ4n) is 2.26. The summed E-state index contributed by atoms with van der Waals surface area (Å²) in [7, 11) is 0. The summed E-state index contributed by atoms with van der Waals surface area (Å²) in [4.78, 5) is 11.7. The van der Waals surface area contributed by atoms with Crippen molar-refractivity contribution in [2.75, 3.05) is 0 Å². The van der Waals surface area contributed by atoms with Crippen molar-refractivity contribution in [3.05, 3.63) is 24.3 Å². The summed E-state index contributed by atoms with van der Waals surface area (Å²) in [6.45, 7) is 0. The van der Waals surface area contributed by atoms with Crippen LogP contribution in [-0.4, -0.2) is 18.1 Å². The van der Waals surface area contributed by atoms with E-state index in [-0.39, 0.29) is 6.03 Å². The van der Waals surface area contributed by atoms with Gasteiger partial charge in [-0.1, -0.05) is 24.3 Å². The van der Waals surface area contributed by atoms with Crippen molar-refractivity contribution in [3.63, 3.8) is 0 Å². The topological polar surface area (TPSA) is 41.1 Å². The molecule has 2 rings (SSSR count). The molecule has 0 bridgehead atoms. The predicted molar refractivity (Wildman–Crippen MR) is 65.2 cm³/mol. The summed E-state index contributed by atoms with van der Waals surface area (Å²) in [5.41, 5.74) is 0. The molecule has 0 fully saturated rings. The van der Waals surface area contributed by atoms with Gasteiger partial charge in [0.15, 0.2) is 0 Å². The van der Waals surface area contributed by atoms with Crippen molar-refractivity contribution in [1.29, 1.82) is 0 Å². The summed E-state index contributed by atoms with van der Waals surface area (Å²) in [5.74, 6) is 0. The van der Waals surface area contributed by atoms with Gasteiger partial charge in [-0.15, -0.1) is 0 Å². The molecular formula is C13H20N2O. The molecule has 2 aliphatic rings. The molecule has 3 heteroatoms. The molecule has 2 unspecified atom stereocenters. The van der Waals surface area contributed by atoms with E-state index in [1.54, 1.807) is 0 Å². The summed E-state index contributed by atoms with van der Waals surface area (Å²) in [6.07, 6.45) is 14.9. The number of carbonyl (C=O) groups excluding carboxylic acids is 1. The van der Waals surface area contributed by atoms with Crippen molar-refractivity contribution < 1.29 is 4.79 Å². The van der Waals surface area contributed by atoms with E-state index in [1.807, 2.05) is 0 Å². The van der Waals surface area contributed by atoms with Crippen molar-refractivity contribution in [1.82, 2.24) is 10.6 Å². The summed E-state index contributed by atoms with van der Waals surface area (Å²) in [5, 5.41) is 6.08. The van der Waals surface area contributed by atoms with Gasteiger partial charge in [-0.3, -0.25) is 0 Å². The minimum atomic E-state index is 0.000556. The molecule has 2 atom stereocenters. The van der Waals surface area contributed by atoms with Crippen molar-refractivity contribution in [2.24, 2.45) is 0 Å². The number of amides is 2. The monoisotopic (exact) mass is 220 g/mol. The van der Waals surface area contributed by atoms with Crippen LogP contribution >= 0.6 is 0 Å². The van der Waals surface area contributed by atoms with Crippen LogP contribution in [0.25, 0.3) is 0 Å². The van der Waals surface area contributed by atoms with E-state index in [4.69, 9.17) is 0 Å². The standard InChI is InChI=1S/C13H20N2O/c16-13(14-11-7-3-1-4-8-11)15-12-9-5-2-6-10-12/h1-3,5,11-12H,4,6-10H2,(H2,14,15,16). The second-order valence-corrected chi connectivity index (χ2v) is 4.58. The molecule has 0 heterocycles. The Balaban J connectivity index is 1.71. The van der Waals surface area contributed by atoms with Crippen LogP contribution in [0.2, 0.25) is 0 Å². The van der Waals surface area contributed by atoms with Crippen LogP contribution in [0, 0.1) is 0 Å². The maximum absolute atomic E-state index is 11.7. The molecule has 0 aromatic carbocycles. The second-order valence-electron chi connectivity index (χ2n) is 4.58. The van der Waals surface area contributed by atoms with Gasteiger partial charge in [0.25, 0.3) is 0 Å². The summed E-state index contributed by atoms with van der Waals surface area (Å²) >= 11 is 0. The lowest BCUT2D eigenvalue weighted by Gasteiger charge is -2.23. The lowest BCUT2D eigenvalue weighted by Crippen LogP contribution is -2.46. The molecular weight excluding hydrogens is 200 g/mol. The Morgan fingerprint density at radius 2 is 1.38 bits per heavy atom. The fraction of sp³-hybridized carbons (Fsp3) is 0.615. The molecule has 0 aromatic heterocycles. The maximum atomic E-state index is 11.7. The Morgan fingerprint density at radius 3 is 1.75 bits per heavy atom. The zero-order valence-corrected chi connectivity index (χ0v) is 9.61. The highest BCUT2D eigenvalue weighted by atomic mass is 16.2. The highest BCUT2D eigenvalue weighted by Crippen LogP contribution is 2.12. The Kier molecular flexibility index (Phi) is 4.03. The van der Waals surface area contributed by atoms with Crippen LogP contribution in [0.3, 0.4) is 0 Å². The zero-order chi connectivity index (χ0) is 11.2. The minimum Gasteiger partial charge on any atom is -0.335 e. The van der Waals surface area contributed by atoms with Gasteiger partial charge >= 0.3 is 6.03 Å². The average Bonchev–Trinajstić information content (AvgIpc) is 2.31. The van der Waals surface area contributed by atoms with E-state index in [1.165, 1.54) is 0 Å². The minimum absolute atomic E-state index is 0.000556. The number of urea groups is 1. The molecule has 0 aromatic rings. The first-order valence-electron chi connectivity index (χ1n) is 6.21. The molecule has 0 saturated carbocycles. The largest absolute Gasteiger partial charge is 0.335 e. The molecule has 16 heavy (non-hydrogen) atoms. The van der Waals surface area contributed by atoms with E-state index < -0.39 is 0 Å². The van der Waals surface area contributed by atoms with Crippen LogP contribution in [0.4, 0.5) is 4.79 Å². The average molecular weight is 220 g/mol. The van der Waals surface area contributed by atoms with Crippen LogP contribution in [0.5, 0.6) is 0 Å². The number of hydrogen-bond acceptors (Lipinski definition) is 1. The van der Waals surface area contributed by atoms with Crippen molar-refractivity contribution >= 4 is 6.03 Å². The van der Waals surface area contributed by atoms with Gasteiger partial charge in [0.2, 0.25) is 0 Å². The first-order valence-corrected chi connectivity index (χ1v) is 6.21. The summed E-state index contributed by atoms with van der Waals surface area (Å²) in [6, 6.07) is 0.647. The molecule has 3 nitrogen and oxygen atoms in total. The molecule has 2 N–H and O–H groups in total. The molecule has 88 valence electrons. The van der Waals surface area contributed by atoms with Gasteiger partial charge in [-0.25, -0.2) is 4.79 Å². The number of hydrogen-bond donors (Lipinski definition) is 2. The highest BCUT2D eigenvalue weighted by molar-refractivity contribution is 5.74. The molecule has 0 radical (unpaired) electrons. The van der Waals surface area contributed by atoms with Gasteiger partial charge in [0, 0.05) is 12.1 Å². The third-order valence-corrected chi connectivity index (χ3v) is 3.21. The summed E-state index contributed by atoms with van der Waals surface area (Å²) < 4.78 is 0. The SMILES string of the molecule is O=C(NC1CC=CCC1)NC1CC=CCC1. The Bertz CT molecular complexity index is 268. The van der Waals surface area contributed by atoms with Crippen LogP contribution in [0.15, 0.2) is 24.3 Å². The molecule has 0 aliphatic heterocycles. The first-order chi connectivity index (χ1) is 7.84. The Labute approximate surface area is 97.0 Å². The quantitative estimate of drug-likeness (QED) is 0.690. The molecule has 2 aliphatic carbocycles. The first kappa shape index (κ1) is 11.2.